The molecule has 4 heterocycles. The van der Waals surface area contributed by atoms with Gasteiger partial charge in [0.1, 0.15) is 28.6 Å². The smallest absolute Gasteiger partial charge is 0.312 e. The van der Waals surface area contributed by atoms with E-state index in [0.717, 1.165) is 24.3 Å². The lowest BCUT2D eigenvalue weighted by Gasteiger charge is -2.38. The molecule has 348 valence electrons. The largest absolute Gasteiger partial charge is 0.505 e. The van der Waals surface area contributed by atoms with Crippen molar-refractivity contribution in [2.24, 2.45) is 23.7 Å². The van der Waals surface area contributed by atoms with Crippen LogP contribution in [0, 0.1) is 37.5 Å². The van der Waals surface area contributed by atoms with Gasteiger partial charge >= 0.3 is 11.8 Å². The second-order valence-corrected chi connectivity index (χ2v) is 18.1. The van der Waals surface area contributed by atoms with E-state index in [9.17, 15) is 34.5 Å². The monoisotopic (exact) mass is 896 g/mol. The van der Waals surface area contributed by atoms with Crippen molar-refractivity contribution in [3.63, 3.8) is 0 Å². The van der Waals surface area contributed by atoms with Crippen molar-refractivity contribution >= 4 is 62.0 Å². The average Bonchev–Trinajstić information content (AvgIpc) is 3.53. The topological polar surface area (TPSA) is 210 Å². The summed E-state index contributed by atoms with van der Waals surface area (Å²) in [6, 6.07) is 3.80. The van der Waals surface area contributed by atoms with Gasteiger partial charge in [-0.1, -0.05) is 45.9 Å². The van der Waals surface area contributed by atoms with Gasteiger partial charge in [-0.25, -0.2) is 4.98 Å². The number of amides is 1. The van der Waals surface area contributed by atoms with Crippen LogP contribution in [0.4, 0.5) is 11.4 Å². The highest BCUT2D eigenvalue weighted by atomic mass is 16.7. The molecular weight excluding hydrogens is 837 g/mol. The Kier molecular flexibility index (Phi) is 13.2. The fourth-order valence-electron chi connectivity index (χ4n) is 9.31. The number of fused-ring (bicyclic) bond motifs is 2. The van der Waals surface area contributed by atoms with E-state index < -0.39 is 82.7 Å². The Bertz CT molecular complexity index is 2720. The van der Waals surface area contributed by atoms with Gasteiger partial charge in [0.15, 0.2) is 22.3 Å². The van der Waals surface area contributed by atoms with Gasteiger partial charge in [0.25, 0.3) is 11.7 Å². The van der Waals surface area contributed by atoms with Crippen LogP contribution in [-0.2, 0) is 23.8 Å². The first kappa shape index (κ1) is 47.2. The minimum Gasteiger partial charge on any atom is -0.505 e. The van der Waals surface area contributed by atoms with Crippen molar-refractivity contribution in [1.82, 2.24) is 9.88 Å². The molecule has 1 saturated heterocycles. The Morgan fingerprint density at radius 3 is 2.29 bits per heavy atom. The molecule has 0 aliphatic carbocycles. The first-order chi connectivity index (χ1) is 30.7. The normalized spacial score (nSPS) is 30.2. The molecule has 0 unspecified atom stereocenters. The third-order valence-electron chi connectivity index (χ3n) is 13.4. The number of phenols is 1. The quantitative estimate of drug-likeness (QED) is 0.0798. The minimum atomic E-state index is -2.04. The summed E-state index contributed by atoms with van der Waals surface area (Å²) in [6.07, 6.45) is 3.71. The number of benzene rings is 3. The number of allylic oxidation sites excluding steroid dienone is 2. The SMILES string of the molecule is CO[C@H]1/C=C/O[C@@]2(C)Oc3c(C)c(=O)c4c(O)c(c5oc6cc(C)cc(N7CCN(C)CC7)c6nc5c4c3C2=O)NC(=O)/C(C)=C\C=C\[C@H](C)[C@H](O)[C@@H](C)[C@@H](O)[C@@H](C)[C@H](OC(C)=O)[C@@H]1C. The lowest BCUT2D eigenvalue weighted by Crippen LogP contribution is -2.46. The van der Waals surface area contributed by atoms with E-state index in [1.54, 1.807) is 52.8 Å². The number of hydrogen-bond donors (Lipinski definition) is 4. The molecule has 3 aromatic carbocycles. The van der Waals surface area contributed by atoms with Crippen LogP contribution in [0.25, 0.3) is 33.0 Å². The van der Waals surface area contributed by atoms with Gasteiger partial charge in [-0.2, -0.15) is 0 Å². The zero-order valence-corrected chi connectivity index (χ0v) is 38.8. The van der Waals surface area contributed by atoms with Gasteiger partial charge in [0.2, 0.25) is 0 Å². The lowest BCUT2D eigenvalue weighted by atomic mass is 9.78. The van der Waals surface area contributed by atoms with Crippen LogP contribution in [0.3, 0.4) is 0 Å². The summed E-state index contributed by atoms with van der Waals surface area (Å²) in [4.78, 5) is 65.5. The zero-order chi connectivity index (χ0) is 47.4. The summed E-state index contributed by atoms with van der Waals surface area (Å²) in [5, 5.41) is 37.7. The van der Waals surface area contributed by atoms with Crippen molar-refractivity contribution in [2.45, 2.75) is 92.5 Å². The van der Waals surface area contributed by atoms with Gasteiger partial charge in [0.05, 0.1) is 41.2 Å². The second kappa shape index (κ2) is 18.2. The number of aromatic hydroxyl groups is 1. The molecule has 3 aliphatic heterocycles. The van der Waals surface area contributed by atoms with E-state index in [1.165, 1.54) is 46.3 Å². The molecule has 9 atom stereocenters. The molecule has 3 aliphatic rings. The Morgan fingerprint density at radius 1 is 0.938 bits per heavy atom. The molecule has 16 heteroatoms. The maximum absolute atomic E-state index is 14.9. The van der Waals surface area contributed by atoms with Crippen LogP contribution in [0.1, 0.15) is 70.0 Å². The number of aliphatic hydroxyl groups excluding tert-OH is 2. The molecule has 65 heavy (non-hydrogen) atoms. The number of aromatic nitrogens is 1. The Balaban J connectivity index is 1.47. The first-order valence-corrected chi connectivity index (χ1v) is 22.0. The van der Waals surface area contributed by atoms with Gasteiger partial charge < -0.3 is 53.8 Å². The highest BCUT2D eigenvalue weighted by Crippen LogP contribution is 2.49. The van der Waals surface area contributed by atoms with Crippen molar-refractivity contribution in [3.05, 3.63) is 75.2 Å². The Labute approximate surface area is 377 Å². The number of hydrogen-bond acceptors (Lipinski definition) is 15. The highest BCUT2D eigenvalue weighted by molar-refractivity contribution is 6.26. The molecule has 0 saturated carbocycles. The second-order valence-electron chi connectivity index (χ2n) is 18.1. The van der Waals surface area contributed by atoms with Crippen LogP contribution in [-0.4, -0.2) is 113 Å². The van der Waals surface area contributed by atoms with Crippen LogP contribution in [0.15, 0.2) is 57.5 Å². The van der Waals surface area contributed by atoms with Crippen molar-refractivity contribution in [3.8, 4) is 11.5 Å². The summed E-state index contributed by atoms with van der Waals surface area (Å²) < 4.78 is 30.7. The average molecular weight is 897 g/mol. The number of anilines is 2. The maximum atomic E-state index is 14.9. The number of carbonyl (C=O) groups excluding carboxylic acids is 3. The van der Waals surface area contributed by atoms with Gasteiger partial charge in [-0.3, -0.25) is 19.2 Å². The molecule has 7 rings (SSSR count). The van der Waals surface area contributed by atoms with E-state index in [4.69, 9.17) is 28.3 Å². The van der Waals surface area contributed by atoms with Crippen LogP contribution < -0.4 is 20.4 Å². The summed E-state index contributed by atoms with van der Waals surface area (Å²) in [7, 11) is 3.51. The number of nitrogens with one attached hydrogen (secondary N) is 1. The Hall–Kier alpha value is -5.81. The van der Waals surface area contributed by atoms with Crippen molar-refractivity contribution in [1.29, 1.82) is 0 Å². The van der Waals surface area contributed by atoms with E-state index in [1.807, 2.05) is 13.0 Å². The third kappa shape index (κ3) is 8.60. The zero-order valence-electron chi connectivity index (χ0n) is 38.8. The van der Waals surface area contributed by atoms with Gasteiger partial charge in [-0.15, -0.1) is 0 Å². The molecule has 1 amide bonds. The number of ether oxygens (including phenoxy) is 4. The highest BCUT2D eigenvalue weighted by Gasteiger charge is 2.50. The number of Topliss-reactive ketones (excluding diaryl/α,β-unsaturated/α-hetero) is 1. The number of piperazine rings is 1. The Morgan fingerprint density at radius 2 is 1.63 bits per heavy atom. The maximum Gasteiger partial charge on any atom is 0.312 e. The number of rotatable bonds is 3. The fourth-order valence-corrected chi connectivity index (χ4v) is 9.31. The molecule has 0 spiro atoms. The molecule has 4 N–H and O–H groups in total. The molecule has 1 aromatic heterocycles. The molecular formula is C49H60N4O12. The number of carbonyl (C=O) groups is 3. The van der Waals surface area contributed by atoms with Crippen molar-refractivity contribution < 1.29 is 53.1 Å². The summed E-state index contributed by atoms with van der Waals surface area (Å²) >= 11 is 0. The number of likely N-dealkylation sites (N-methyl/N-ethyl adjacent to an activating group) is 1. The van der Waals surface area contributed by atoms with Crippen LogP contribution in [0.5, 0.6) is 11.5 Å². The number of aryl methyl sites for hydroxylation is 1. The number of phenolic OH excluding ortho intramolecular Hbond substituents is 1. The molecule has 4 aromatic rings. The summed E-state index contributed by atoms with van der Waals surface area (Å²) in [6.45, 7) is 17.6. The van der Waals surface area contributed by atoms with Crippen molar-refractivity contribution in [2.75, 3.05) is 50.6 Å². The molecule has 4 bridgehead atoms. The fraction of sp³-hybridized carbons (Fsp3) is 0.490. The van der Waals surface area contributed by atoms with Crippen LogP contribution >= 0.6 is 0 Å². The predicted molar refractivity (Wildman–Crippen MR) is 246 cm³/mol. The number of methoxy groups -OCH3 is 1. The van der Waals surface area contributed by atoms with E-state index in [-0.39, 0.29) is 50.0 Å². The first-order valence-electron chi connectivity index (χ1n) is 22.0. The number of ketones is 1. The van der Waals surface area contributed by atoms with E-state index >= 15 is 0 Å². The minimum absolute atomic E-state index is 0.00740. The summed E-state index contributed by atoms with van der Waals surface area (Å²) in [5.74, 6) is -7.14. The lowest BCUT2D eigenvalue weighted by molar-refractivity contribution is -0.160. The summed E-state index contributed by atoms with van der Waals surface area (Å²) in [5.41, 5.74) is 1.60. The molecule has 0 radical (unpaired) electrons. The molecule has 16 nitrogen and oxygen atoms in total. The van der Waals surface area contributed by atoms with Crippen LogP contribution in [0.2, 0.25) is 0 Å². The predicted octanol–water partition coefficient (Wildman–Crippen LogP) is 6.06. The number of aliphatic hydroxyl groups is 2. The van der Waals surface area contributed by atoms with E-state index in [0.29, 0.717) is 24.2 Å². The van der Waals surface area contributed by atoms with Gasteiger partial charge in [0, 0.05) is 87.3 Å². The van der Waals surface area contributed by atoms with E-state index in [2.05, 4.69) is 22.2 Å². The third-order valence-corrected chi connectivity index (χ3v) is 13.4. The molecule has 1 fully saturated rings. The standard InChI is InChI=1S/C49H60N4O12/c1-23-21-31(53-18-16-52(10)17-19-53)37-33(22-23)64-46-38(50-37)34-35-42(57)29(7)45-36(34)47(59)49(9,65-45)62-20-15-32(61-11)26(4)44(63-30(8)54)28(6)41(56)27(5)40(55)24(2)13-12-14-25(3)48(60)51-39(46)43(35)58/h12-15,20-22,24,26-28,32,40-41,44,55-56,58H,16-19H2,1-11H3,(H,51,60)/b13-12+,20-15+,25-14-/t24-,26+,27+,28+,32-,40-,41+,44+,49-/m0/s1. The number of nitrogens with zero attached hydrogens (tertiary/aromatic N) is 3. The number of esters is 1. The van der Waals surface area contributed by atoms with Gasteiger partial charge in [-0.05, 0) is 51.6 Å².